The molecule has 0 spiro atoms. The molecule has 156 valence electrons. The molecule has 1 saturated heterocycles. The van der Waals surface area contributed by atoms with Gasteiger partial charge in [-0.15, -0.1) is 23.7 Å². The summed E-state index contributed by atoms with van der Waals surface area (Å²) in [6, 6.07) is 3.72. The molecule has 1 N–H and O–H groups in total. The number of ether oxygens (including phenoxy) is 1. The molecule has 4 nitrogen and oxygen atoms in total. The fourth-order valence-electron chi connectivity index (χ4n) is 4.12. The van der Waals surface area contributed by atoms with E-state index in [1.54, 1.807) is 13.8 Å². The highest BCUT2D eigenvalue weighted by Crippen LogP contribution is 2.42. The molecule has 2 heterocycles. The van der Waals surface area contributed by atoms with Crippen molar-refractivity contribution in [2.75, 3.05) is 19.6 Å². The lowest BCUT2D eigenvalue weighted by molar-refractivity contribution is -0.183. The Bertz CT molecular complexity index is 682. The summed E-state index contributed by atoms with van der Waals surface area (Å²) in [6.07, 6.45) is 7.43. The van der Waals surface area contributed by atoms with Crippen LogP contribution in [0.15, 0.2) is 17.5 Å². The molecule has 3 rings (SSSR count). The van der Waals surface area contributed by atoms with Gasteiger partial charge in [-0.05, 0) is 64.1 Å². The Labute approximate surface area is 179 Å². The van der Waals surface area contributed by atoms with Gasteiger partial charge < -0.3 is 9.84 Å². The van der Waals surface area contributed by atoms with Crippen LogP contribution in [-0.4, -0.2) is 41.2 Å². The summed E-state index contributed by atoms with van der Waals surface area (Å²) in [5, 5.41) is 13.4. The maximum Gasteiger partial charge on any atom is 0.345 e. The van der Waals surface area contributed by atoms with Gasteiger partial charge in [-0.25, -0.2) is 4.79 Å². The highest BCUT2D eigenvalue weighted by Gasteiger charge is 2.49. The smallest absolute Gasteiger partial charge is 0.345 e. The third kappa shape index (κ3) is 5.51. The van der Waals surface area contributed by atoms with Crippen molar-refractivity contribution in [1.29, 1.82) is 0 Å². The van der Waals surface area contributed by atoms with Crippen LogP contribution in [0.1, 0.15) is 63.7 Å². The van der Waals surface area contributed by atoms with Crippen LogP contribution < -0.4 is 0 Å². The zero-order valence-corrected chi connectivity index (χ0v) is 18.5. The molecule has 1 aliphatic heterocycles. The number of likely N-dealkylation sites (tertiary alicyclic amines) is 1. The van der Waals surface area contributed by atoms with Crippen molar-refractivity contribution < 1.29 is 14.6 Å². The minimum atomic E-state index is -1.57. The van der Waals surface area contributed by atoms with Gasteiger partial charge >= 0.3 is 5.97 Å². The van der Waals surface area contributed by atoms with Crippen molar-refractivity contribution in [3.05, 3.63) is 22.4 Å². The molecular formula is C22H32ClNO3S. The Morgan fingerprint density at radius 1 is 1.25 bits per heavy atom. The fraction of sp³-hybridized carbons (Fsp3) is 0.682. The van der Waals surface area contributed by atoms with Crippen LogP contribution in [0.2, 0.25) is 0 Å². The van der Waals surface area contributed by atoms with E-state index in [1.165, 1.54) is 30.6 Å². The predicted octanol–water partition coefficient (Wildman–Crippen LogP) is 4.36. The number of nitrogens with zero attached hydrogens (tertiary/aromatic N) is 1. The Hall–Kier alpha value is -1.06. The molecule has 1 unspecified atom stereocenters. The molecule has 0 radical (unpaired) electrons. The molecule has 0 bridgehead atoms. The molecule has 2 aliphatic rings. The van der Waals surface area contributed by atoms with Gasteiger partial charge in [0.05, 0.1) is 6.54 Å². The predicted molar refractivity (Wildman–Crippen MR) is 116 cm³/mol. The quantitative estimate of drug-likeness (QED) is 0.562. The standard InChI is InChI=1S/C22H31NO3S.ClH/c1-21(2,13-9-16-23-14-6-7-15-23)26-20(24)22(25,19-12-8-17-27-19)18-10-4-3-5-11-18;/h8,12,17-18,25H,3-7,10-11,14-16H2,1-2H3;1H. The summed E-state index contributed by atoms with van der Waals surface area (Å²) in [7, 11) is 0. The number of hydrogen-bond acceptors (Lipinski definition) is 5. The van der Waals surface area contributed by atoms with Gasteiger partial charge in [0.25, 0.3) is 0 Å². The Morgan fingerprint density at radius 3 is 2.54 bits per heavy atom. The third-order valence-electron chi connectivity index (χ3n) is 5.64. The van der Waals surface area contributed by atoms with Gasteiger partial charge in [-0.1, -0.05) is 37.2 Å². The summed E-state index contributed by atoms with van der Waals surface area (Å²) in [5.41, 5.74) is -2.49. The van der Waals surface area contributed by atoms with Crippen LogP contribution in [0.4, 0.5) is 0 Å². The second-order valence-corrected chi connectivity index (χ2v) is 9.21. The molecule has 6 heteroatoms. The van der Waals surface area contributed by atoms with Crippen molar-refractivity contribution in [1.82, 2.24) is 4.90 Å². The molecule has 1 atom stereocenters. The maximum atomic E-state index is 13.2. The van der Waals surface area contributed by atoms with Crippen LogP contribution in [0.5, 0.6) is 0 Å². The Morgan fingerprint density at radius 2 is 1.93 bits per heavy atom. The van der Waals surface area contributed by atoms with E-state index in [9.17, 15) is 9.90 Å². The van der Waals surface area contributed by atoms with Crippen LogP contribution in [-0.2, 0) is 15.1 Å². The van der Waals surface area contributed by atoms with Crippen molar-refractivity contribution in [2.45, 2.75) is 70.0 Å². The van der Waals surface area contributed by atoms with Crippen molar-refractivity contribution in [3.8, 4) is 11.8 Å². The van der Waals surface area contributed by atoms with Crippen molar-refractivity contribution in [2.24, 2.45) is 5.92 Å². The molecule has 0 amide bonds. The third-order valence-corrected chi connectivity index (χ3v) is 6.64. The first-order valence-electron chi connectivity index (χ1n) is 10.1. The van der Waals surface area contributed by atoms with E-state index >= 15 is 0 Å². The summed E-state index contributed by atoms with van der Waals surface area (Å²) >= 11 is 1.42. The topological polar surface area (TPSA) is 49.8 Å². The zero-order valence-electron chi connectivity index (χ0n) is 16.9. The lowest BCUT2D eigenvalue weighted by atomic mass is 9.76. The number of carbonyl (C=O) groups excluding carboxylic acids is 1. The number of rotatable bonds is 5. The monoisotopic (exact) mass is 425 g/mol. The van der Waals surface area contributed by atoms with E-state index in [0.717, 1.165) is 38.8 Å². The summed E-state index contributed by atoms with van der Waals surface area (Å²) < 4.78 is 5.77. The number of halogens is 1. The van der Waals surface area contributed by atoms with E-state index in [2.05, 4.69) is 16.7 Å². The van der Waals surface area contributed by atoms with E-state index in [0.29, 0.717) is 11.4 Å². The van der Waals surface area contributed by atoms with Crippen LogP contribution >= 0.6 is 23.7 Å². The first-order chi connectivity index (χ1) is 12.9. The summed E-state index contributed by atoms with van der Waals surface area (Å²) in [6.45, 7) is 6.50. The van der Waals surface area contributed by atoms with Gasteiger partial charge in [0.1, 0.15) is 0 Å². The summed E-state index contributed by atoms with van der Waals surface area (Å²) in [4.78, 5) is 16.1. The molecule has 1 aromatic heterocycles. The molecular weight excluding hydrogens is 394 g/mol. The molecule has 1 aromatic rings. The van der Waals surface area contributed by atoms with Crippen LogP contribution in [0.25, 0.3) is 0 Å². The zero-order chi connectivity index (χ0) is 19.3. The van der Waals surface area contributed by atoms with E-state index in [4.69, 9.17) is 4.74 Å². The Balaban J connectivity index is 0.00000280. The summed E-state index contributed by atoms with van der Waals surface area (Å²) in [5.74, 6) is 5.60. The molecule has 1 aliphatic carbocycles. The van der Waals surface area contributed by atoms with Crippen LogP contribution in [0.3, 0.4) is 0 Å². The van der Waals surface area contributed by atoms with Gasteiger partial charge in [0, 0.05) is 10.8 Å². The van der Waals surface area contributed by atoms with Gasteiger partial charge in [-0.3, -0.25) is 4.90 Å². The minimum absolute atomic E-state index is 0. The highest BCUT2D eigenvalue weighted by atomic mass is 35.5. The minimum Gasteiger partial charge on any atom is -0.444 e. The van der Waals surface area contributed by atoms with Crippen molar-refractivity contribution >= 4 is 29.7 Å². The van der Waals surface area contributed by atoms with Gasteiger partial charge in [0.15, 0.2) is 11.2 Å². The lowest BCUT2D eigenvalue weighted by Gasteiger charge is -2.37. The van der Waals surface area contributed by atoms with E-state index in [1.807, 2.05) is 17.5 Å². The molecule has 28 heavy (non-hydrogen) atoms. The number of thiophene rings is 1. The average molecular weight is 426 g/mol. The van der Waals surface area contributed by atoms with Gasteiger partial charge in [0.2, 0.25) is 0 Å². The number of esters is 1. The molecule has 1 saturated carbocycles. The number of hydrogen-bond donors (Lipinski definition) is 1. The maximum absolute atomic E-state index is 13.2. The van der Waals surface area contributed by atoms with E-state index in [-0.39, 0.29) is 18.3 Å². The van der Waals surface area contributed by atoms with Crippen molar-refractivity contribution in [3.63, 3.8) is 0 Å². The van der Waals surface area contributed by atoms with E-state index < -0.39 is 17.2 Å². The normalized spacial score (nSPS) is 20.5. The number of aliphatic hydroxyl groups is 1. The second kappa shape index (κ2) is 10.1. The van der Waals surface area contributed by atoms with Gasteiger partial charge in [-0.2, -0.15) is 0 Å². The second-order valence-electron chi connectivity index (χ2n) is 8.26. The first-order valence-corrected chi connectivity index (χ1v) is 11.0. The highest BCUT2D eigenvalue weighted by molar-refractivity contribution is 7.10. The lowest BCUT2D eigenvalue weighted by Crippen LogP contribution is -2.47. The fourth-order valence-corrected chi connectivity index (χ4v) is 5.01. The molecule has 0 aromatic carbocycles. The Kier molecular flexibility index (Phi) is 8.39. The SMILES string of the molecule is CC(C)(C#CCN1CCCC1)OC(=O)C(O)(c1cccs1)C1CCCCC1.Cl. The molecule has 2 fully saturated rings. The van der Waals surface area contributed by atoms with Crippen LogP contribution in [0, 0.1) is 17.8 Å². The first kappa shape index (κ1) is 23.2. The average Bonchev–Trinajstić information content (AvgIpc) is 3.35. The number of carbonyl (C=O) groups is 1. The largest absolute Gasteiger partial charge is 0.444 e.